The van der Waals surface area contributed by atoms with E-state index in [1.54, 1.807) is 0 Å². The molecule has 2 nitrogen and oxygen atoms in total. The average Bonchev–Trinajstić information content (AvgIpc) is 2.81. The molecule has 0 aromatic heterocycles. The van der Waals surface area contributed by atoms with Crippen LogP contribution in [0.1, 0.15) is 58.3 Å². The third-order valence-corrected chi connectivity index (χ3v) is 3.91. The Kier molecular flexibility index (Phi) is 4.45. The minimum absolute atomic E-state index is 0.497. The minimum Gasteiger partial charge on any atom is -0.377 e. The summed E-state index contributed by atoms with van der Waals surface area (Å²) < 4.78 is 5.79. The van der Waals surface area contributed by atoms with Crippen molar-refractivity contribution < 1.29 is 4.74 Å². The molecule has 88 valence electrons. The molecule has 0 aromatic carbocycles. The molecular formula is C13H25NO. The van der Waals surface area contributed by atoms with Gasteiger partial charge in [-0.25, -0.2) is 0 Å². The zero-order valence-corrected chi connectivity index (χ0v) is 10.0. The molecule has 1 aliphatic carbocycles. The van der Waals surface area contributed by atoms with Crippen LogP contribution in [0.5, 0.6) is 0 Å². The van der Waals surface area contributed by atoms with Crippen LogP contribution in [0.2, 0.25) is 0 Å². The molecular weight excluding hydrogens is 186 g/mol. The monoisotopic (exact) mass is 211 g/mol. The first-order valence-electron chi connectivity index (χ1n) is 6.78. The molecule has 0 spiro atoms. The van der Waals surface area contributed by atoms with Gasteiger partial charge in [0.15, 0.2) is 0 Å². The van der Waals surface area contributed by atoms with Crippen LogP contribution < -0.4 is 5.32 Å². The van der Waals surface area contributed by atoms with E-state index in [0.29, 0.717) is 12.1 Å². The van der Waals surface area contributed by atoms with Crippen molar-refractivity contribution in [1.29, 1.82) is 0 Å². The summed E-state index contributed by atoms with van der Waals surface area (Å²) in [6.07, 6.45) is 11.3. The van der Waals surface area contributed by atoms with Crippen molar-refractivity contribution in [3.05, 3.63) is 0 Å². The highest BCUT2D eigenvalue weighted by Crippen LogP contribution is 2.22. The van der Waals surface area contributed by atoms with Crippen LogP contribution >= 0.6 is 0 Å². The summed E-state index contributed by atoms with van der Waals surface area (Å²) in [7, 11) is 0. The highest BCUT2D eigenvalue weighted by atomic mass is 16.5. The molecule has 1 heterocycles. The maximum atomic E-state index is 5.79. The number of rotatable bonds is 4. The summed E-state index contributed by atoms with van der Waals surface area (Å²) >= 11 is 0. The largest absolute Gasteiger partial charge is 0.377 e. The molecule has 0 aromatic rings. The molecule has 0 bridgehead atoms. The average molecular weight is 211 g/mol. The van der Waals surface area contributed by atoms with Crippen molar-refractivity contribution in [2.24, 2.45) is 0 Å². The van der Waals surface area contributed by atoms with Gasteiger partial charge in [0, 0.05) is 18.7 Å². The van der Waals surface area contributed by atoms with E-state index in [1.807, 2.05) is 0 Å². The van der Waals surface area contributed by atoms with Gasteiger partial charge in [-0.05, 0) is 32.1 Å². The maximum Gasteiger partial charge on any atom is 0.0728 e. The van der Waals surface area contributed by atoms with Gasteiger partial charge < -0.3 is 10.1 Å². The van der Waals surface area contributed by atoms with E-state index in [9.17, 15) is 0 Å². The standard InChI is InChI=1S/C13H25NO/c1-2-12(13-9-6-10-15-13)14-11-7-4-3-5-8-11/h11-14H,2-10H2,1H3. The molecule has 2 aliphatic rings. The van der Waals surface area contributed by atoms with E-state index in [1.165, 1.54) is 51.4 Å². The molecule has 1 N–H and O–H groups in total. The van der Waals surface area contributed by atoms with Crippen molar-refractivity contribution in [3.63, 3.8) is 0 Å². The lowest BCUT2D eigenvalue weighted by Crippen LogP contribution is -2.45. The van der Waals surface area contributed by atoms with Crippen molar-refractivity contribution in [2.75, 3.05) is 6.61 Å². The van der Waals surface area contributed by atoms with Crippen LogP contribution in [0.15, 0.2) is 0 Å². The van der Waals surface area contributed by atoms with E-state index in [-0.39, 0.29) is 0 Å². The normalized spacial score (nSPS) is 30.6. The second kappa shape index (κ2) is 5.86. The molecule has 1 saturated carbocycles. The minimum atomic E-state index is 0.497. The highest BCUT2D eigenvalue weighted by Gasteiger charge is 2.26. The Morgan fingerprint density at radius 1 is 1.13 bits per heavy atom. The van der Waals surface area contributed by atoms with Gasteiger partial charge in [-0.3, -0.25) is 0 Å². The second-order valence-electron chi connectivity index (χ2n) is 5.07. The summed E-state index contributed by atoms with van der Waals surface area (Å²) in [6.45, 7) is 3.26. The zero-order chi connectivity index (χ0) is 10.5. The Morgan fingerprint density at radius 3 is 2.53 bits per heavy atom. The van der Waals surface area contributed by atoms with Crippen molar-refractivity contribution >= 4 is 0 Å². The second-order valence-corrected chi connectivity index (χ2v) is 5.07. The molecule has 1 saturated heterocycles. The van der Waals surface area contributed by atoms with E-state index in [2.05, 4.69) is 12.2 Å². The van der Waals surface area contributed by atoms with E-state index in [0.717, 1.165) is 12.6 Å². The topological polar surface area (TPSA) is 21.3 Å². The highest BCUT2D eigenvalue weighted by molar-refractivity contribution is 4.83. The molecule has 15 heavy (non-hydrogen) atoms. The van der Waals surface area contributed by atoms with Gasteiger partial charge in [0.1, 0.15) is 0 Å². The van der Waals surface area contributed by atoms with Crippen molar-refractivity contribution in [2.45, 2.75) is 76.5 Å². The van der Waals surface area contributed by atoms with Crippen molar-refractivity contribution in [1.82, 2.24) is 5.32 Å². The lowest BCUT2D eigenvalue weighted by Gasteiger charge is -2.30. The first-order chi connectivity index (χ1) is 7.40. The number of nitrogens with one attached hydrogen (secondary N) is 1. The maximum absolute atomic E-state index is 5.79. The van der Waals surface area contributed by atoms with Crippen LogP contribution in [0.4, 0.5) is 0 Å². The fourth-order valence-corrected chi connectivity index (χ4v) is 2.98. The Morgan fingerprint density at radius 2 is 1.93 bits per heavy atom. The molecule has 2 atom stereocenters. The predicted molar refractivity (Wildman–Crippen MR) is 63.1 cm³/mol. The van der Waals surface area contributed by atoms with Gasteiger partial charge in [0.05, 0.1) is 6.10 Å². The van der Waals surface area contributed by atoms with Gasteiger partial charge in [0.2, 0.25) is 0 Å². The van der Waals surface area contributed by atoms with E-state index >= 15 is 0 Å². The van der Waals surface area contributed by atoms with Crippen LogP contribution in [0, 0.1) is 0 Å². The molecule has 1 aliphatic heterocycles. The van der Waals surface area contributed by atoms with Crippen LogP contribution in [-0.4, -0.2) is 24.8 Å². The third kappa shape index (κ3) is 3.18. The SMILES string of the molecule is CCC(NC1CCCCC1)C1CCCO1. The quantitative estimate of drug-likeness (QED) is 0.772. The summed E-state index contributed by atoms with van der Waals surface area (Å²) in [5.74, 6) is 0. The predicted octanol–water partition coefficient (Wildman–Crippen LogP) is 2.87. The third-order valence-electron chi connectivity index (χ3n) is 3.91. The molecule has 2 fully saturated rings. The molecule has 0 radical (unpaired) electrons. The Hall–Kier alpha value is -0.0800. The van der Waals surface area contributed by atoms with Crippen LogP contribution in [0.3, 0.4) is 0 Å². The first-order valence-corrected chi connectivity index (χ1v) is 6.78. The van der Waals surface area contributed by atoms with Gasteiger partial charge in [0.25, 0.3) is 0 Å². The van der Waals surface area contributed by atoms with Gasteiger partial charge in [-0.2, -0.15) is 0 Å². The zero-order valence-electron chi connectivity index (χ0n) is 10.0. The lowest BCUT2D eigenvalue weighted by atomic mass is 9.93. The molecule has 0 amide bonds. The first kappa shape index (κ1) is 11.4. The van der Waals surface area contributed by atoms with Crippen molar-refractivity contribution in [3.8, 4) is 0 Å². The lowest BCUT2D eigenvalue weighted by molar-refractivity contribution is 0.0705. The number of ether oxygens (including phenoxy) is 1. The van der Waals surface area contributed by atoms with Crippen LogP contribution in [-0.2, 0) is 4.74 Å². The molecule has 2 unspecified atom stereocenters. The number of hydrogen-bond donors (Lipinski definition) is 1. The van der Waals surface area contributed by atoms with Crippen LogP contribution in [0.25, 0.3) is 0 Å². The summed E-state index contributed by atoms with van der Waals surface area (Å²) in [5.41, 5.74) is 0. The summed E-state index contributed by atoms with van der Waals surface area (Å²) in [6, 6.07) is 1.38. The summed E-state index contributed by atoms with van der Waals surface area (Å²) in [4.78, 5) is 0. The summed E-state index contributed by atoms with van der Waals surface area (Å²) in [5, 5.41) is 3.82. The Bertz CT molecular complexity index is 171. The smallest absolute Gasteiger partial charge is 0.0728 e. The fraction of sp³-hybridized carbons (Fsp3) is 1.00. The fourth-order valence-electron chi connectivity index (χ4n) is 2.98. The van der Waals surface area contributed by atoms with Gasteiger partial charge in [-0.15, -0.1) is 0 Å². The Labute approximate surface area is 93.8 Å². The molecule has 2 heteroatoms. The van der Waals surface area contributed by atoms with Gasteiger partial charge >= 0.3 is 0 Å². The number of hydrogen-bond acceptors (Lipinski definition) is 2. The van der Waals surface area contributed by atoms with E-state index < -0.39 is 0 Å². The molecule has 2 rings (SSSR count). The Balaban J connectivity index is 1.78. The van der Waals surface area contributed by atoms with Gasteiger partial charge in [-0.1, -0.05) is 26.2 Å². The van der Waals surface area contributed by atoms with E-state index in [4.69, 9.17) is 4.74 Å².